The summed E-state index contributed by atoms with van der Waals surface area (Å²) in [5.74, 6) is 2.37. The van der Waals surface area contributed by atoms with Crippen LogP contribution in [-0.4, -0.2) is 31.0 Å². The van der Waals surface area contributed by atoms with Crippen LogP contribution in [0.5, 0.6) is 11.5 Å². The number of hydrogen-bond acceptors (Lipinski definition) is 6. The maximum atomic E-state index is 12.5. The fraction of sp³-hybridized carbons (Fsp3) is 0.370. The highest BCUT2D eigenvalue weighted by Gasteiger charge is 2.26. The van der Waals surface area contributed by atoms with E-state index in [1.54, 1.807) is 14.2 Å². The number of amides is 2. The first-order chi connectivity index (χ1) is 17.0. The predicted octanol–water partition coefficient (Wildman–Crippen LogP) is 4.65. The van der Waals surface area contributed by atoms with Gasteiger partial charge < -0.3 is 24.5 Å². The molecule has 0 spiro atoms. The molecular weight excluding hydrogens is 446 g/mol. The van der Waals surface area contributed by atoms with Crippen LogP contribution >= 0.6 is 0 Å². The van der Waals surface area contributed by atoms with Crippen molar-refractivity contribution in [1.82, 2.24) is 10.3 Å². The molecule has 8 nitrogen and oxygen atoms in total. The molecule has 0 bridgehead atoms. The highest BCUT2D eigenvalue weighted by atomic mass is 16.5. The van der Waals surface area contributed by atoms with E-state index in [4.69, 9.17) is 13.9 Å². The first kappa shape index (κ1) is 24.3. The third-order valence-corrected chi connectivity index (χ3v) is 6.33. The number of rotatable bonds is 10. The van der Waals surface area contributed by atoms with Gasteiger partial charge in [0.25, 0.3) is 0 Å². The standard InChI is InChI=1S/C27H31N3O5/c1-17-22(16-28-25(31)14-12-18-11-13-23(33-2)24(15-18)34-3)30-27(35-17)20-9-4-5-10-21(20)29-26(32)19-7-6-8-19/h4-5,9-11,13,15,19H,6-8,12,14,16H2,1-3H3,(H,28,31)(H,29,32). The van der Waals surface area contributed by atoms with Crippen LogP contribution in [0.25, 0.3) is 11.5 Å². The van der Waals surface area contributed by atoms with E-state index in [2.05, 4.69) is 15.6 Å². The molecule has 1 fully saturated rings. The largest absolute Gasteiger partial charge is 0.493 e. The van der Waals surface area contributed by atoms with Gasteiger partial charge in [0.1, 0.15) is 11.5 Å². The summed E-state index contributed by atoms with van der Waals surface area (Å²) in [6, 6.07) is 13.1. The van der Waals surface area contributed by atoms with Crippen molar-refractivity contribution in [2.75, 3.05) is 19.5 Å². The quantitative estimate of drug-likeness (QED) is 0.440. The molecule has 1 aliphatic carbocycles. The van der Waals surface area contributed by atoms with Crippen molar-refractivity contribution < 1.29 is 23.5 Å². The summed E-state index contributed by atoms with van der Waals surface area (Å²) < 4.78 is 16.5. The number of benzene rings is 2. The Labute approximate surface area is 205 Å². The number of ether oxygens (including phenoxy) is 2. The Bertz CT molecular complexity index is 1200. The van der Waals surface area contributed by atoms with Gasteiger partial charge in [0.2, 0.25) is 17.7 Å². The number of oxazole rings is 1. The number of anilines is 1. The first-order valence-electron chi connectivity index (χ1n) is 11.8. The average molecular weight is 478 g/mol. The van der Waals surface area contributed by atoms with Crippen molar-refractivity contribution in [2.24, 2.45) is 5.92 Å². The fourth-order valence-corrected chi connectivity index (χ4v) is 3.96. The van der Waals surface area contributed by atoms with Crippen LogP contribution in [0.1, 0.15) is 42.7 Å². The molecule has 0 aliphatic heterocycles. The average Bonchev–Trinajstić information content (AvgIpc) is 3.20. The van der Waals surface area contributed by atoms with Gasteiger partial charge in [-0.1, -0.05) is 24.6 Å². The minimum absolute atomic E-state index is 0.0361. The number of aromatic nitrogens is 1. The number of carbonyl (C=O) groups excluding carboxylic acids is 2. The summed E-state index contributed by atoms with van der Waals surface area (Å²) in [4.78, 5) is 29.5. The molecule has 2 amide bonds. The van der Waals surface area contributed by atoms with E-state index in [0.717, 1.165) is 24.8 Å². The zero-order valence-corrected chi connectivity index (χ0v) is 20.3. The Kier molecular flexibility index (Phi) is 7.70. The molecule has 8 heteroatoms. The number of carbonyl (C=O) groups is 2. The molecule has 2 N–H and O–H groups in total. The van der Waals surface area contributed by atoms with E-state index in [0.29, 0.717) is 52.9 Å². The van der Waals surface area contributed by atoms with Gasteiger partial charge in [0.05, 0.1) is 32.0 Å². The fourth-order valence-electron chi connectivity index (χ4n) is 3.96. The van der Waals surface area contributed by atoms with E-state index in [1.807, 2.05) is 49.4 Å². The lowest BCUT2D eigenvalue weighted by Gasteiger charge is -2.24. The Balaban J connectivity index is 1.35. The van der Waals surface area contributed by atoms with Crippen LogP contribution in [-0.2, 0) is 22.6 Å². The monoisotopic (exact) mass is 477 g/mol. The Morgan fingerprint density at radius 2 is 1.86 bits per heavy atom. The summed E-state index contributed by atoms with van der Waals surface area (Å²) in [5, 5.41) is 5.93. The molecule has 1 heterocycles. The third kappa shape index (κ3) is 5.82. The lowest BCUT2D eigenvalue weighted by atomic mass is 9.85. The second-order valence-electron chi connectivity index (χ2n) is 8.65. The highest BCUT2D eigenvalue weighted by Crippen LogP contribution is 2.32. The van der Waals surface area contributed by atoms with Gasteiger partial charge in [0, 0.05) is 12.3 Å². The van der Waals surface area contributed by atoms with Crippen molar-refractivity contribution in [3.05, 3.63) is 59.5 Å². The summed E-state index contributed by atoms with van der Waals surface area (Å²) in [7, 11) is 3.18. The molecule has 3 aromatic rings. The van der Waals surface area contributed by atoms with Crippen LogP contribution in [0.2, 0.25) is 0 Å². The maximum absolute atomic E-state index is 12.5. The second kappa shape index (κ2) is 11.1. The molecule has 1 aromatic heterocycles. The topological polar surface area (TPSA) is 103 Å². The number of aryl methyl sites for hydroxylation is 2. The molecule has 184 valence electrons. The first-order valence-corrected chi connectivity index (χ1v) is 11.8. The highest BCUT2D eigenvalue weighted by molar-refractivity contribution is 5.96. The predicted molar refractivity (Wildman–Crippen MR) is 132 cm³/mol. The van der Waals surface area contributed by atoms with E-state index in [1.165, 1.54) is 0 Å². The third-order valence-electron chi connectivity index (χ3n) is 6.33. The number of hydrogen-bond donors (Lipinski definition) is 2. The zero-order valence-electron chi connectivity index (χ0n) is 20.3. The van der Waals surface area contributed by atoms with Crippen LogP contribution in [0.3, 0.4) is 0 Å². The molecule has 0 unspecified atom stereocenters. The molecule has 0 atom stereocenters. The number of methoxy groups -OCH3 is 2. The molecule has 2 aromatic carbocycles. The van der Waals surface area contributed by atoms with E-state index < -0.39 is 0 Å². The van der Waals surface area contributed by atoms with Crippen molar-refractivity contribution in [1.29, 1.82) is 0 Å². The van der Waals surface area contributed by atoms with Crippen LogP contribution in [0, 0.1) is 12.8 Å². The second-order valence-corrected chi connectivity index (χ2v) is 8.65. The van der Waals surface area contributed by atoms with Crippen LogP contribution in [0.4, 0.5) is 5.69 Å². The lowest BCUT2D eigenvalue weighted by Crippen LogP contribution is -2.28. The van der Waals surface area contributed by atoms with Gasteiger partial charge in [-0.15, -0.1) is 0 Å². The Hall–Kier alpha value is -3.81. The molecule has 35 heavy (non-hydrogen) atoms. The van der Waals surface area contributed by atoms with E-state index in [9.17, 15) is 9.59 Å². The van der Waals surface area contributed by atoms with Gasteiger partial charge in [0.15, 0.2) is 11.5 Å². The number of nitrogens with one attached hydrogen (secondary N) is 2. The molecule has 1 aliphatic rings. The van der Waals surface area contributed by atoms with Crippen molar-refractivity contribution in [2.45, 2.75) is 45.6 Å². The van der Waals surface area contributed by atoms with Crippen molar-refractivity contribution in [3.8, 4) is 23.0 Å². The SMILES string of the molecule is COc1ccc(CCC(=O)NCc2nc(-c3ccccc3NC(=O)C3CCC3)oc2C)cc1OC. The van der Waals surface area contributed by atoms with Crippen molar-refractivity contribution >= 4 is 17.5 Å². The smallest absolute Gasteiger partial charge is 0.228 e. The van der Waals surface area contributed by atoms with Gasteiger partial charge in [-0.05, 0) is 56.0 Å². The molecule has 0 saturated heterocycles. The number of nitrogens with zero attached hydrogens (tertiary/aromatic N) is 1. The van der Waals surface area contributed by atoms with E-state index >= 15 is 0 Å². The van der Waals surface area contributed by atoms with Crippen LogP contribution < -0.4 is 20.1 Å². The van der Waals surface area contributed by atoms with Crippen molar-refractivity contribution in [3.63, 3.8) is 0 Å². The maximum Gasteiger partial charge on any atom is 0.228 e. The summed E-state index contributed by atoms with van der Waals surface area (Å²) in [6.45, 7) is 2.08. The Morgan fingerprint density at radius 1 is 1.09 bits per heavy atom. The van der Waals surface area contributed by atoms with Gasteiger partial charge in [-0.25, -0.2) is 4.98 Å². The molecule has 4 rings (SSSR count). The number of para-hydroxylation sites is 1. The summed E-state index contributed by atoms with van der Waals surface area (Å²) in [5.41, 5.74) is 3.03. The summed E-state index contributed by atoms with van der Waals surface area (Å²) in [6.07, 6.45) is 3.87. The zero-order chi connectivity index (χ0) is 24.8. The van der Waals surface area contributed by atoms with Gasteiger partial charge >= 0.3 is 0 Å². The Morgan fingerprint density at radius 3 is 2.57 bits per heavy atom. The normalized spacial score (nSPS) is 13.1. The van der Waals surface area contributed by atoms with E-state index in [-0.39, 0.29) is 24.3 Å². The van der Waals surface area contributed by atoms with Crippen LogP contribution in [0.15, 0.2) is 46.9 Å². The van der Waals surface area contributed by atoms with Gasteiger partial charge in [-0.3, -0.25) is 9.59 Å². The molecular formula is C27H31N3O5. The minimum Gasteiger partial charge on any atom is -0.493 e. The molecule has 0 radical (unpaired) electrons. The molecule has 1 saturated carbocycles. The lowest BCUT2D eigenvalue weighted by molar-refractivity contribution is -0.122. The van der Waals surface area contributed by atoms with Gasteiger partial charge in [-0.2, -0.15) is 0 Å². The minimum atomic E-state index is -0.0862. The summed E-state index contributed by atoms with van der Waals surface area (Å²) >= 11 is 0.